The predicted octanol–water partition coefficient (Wildman–Crippen LogP) is 2.13. The minimum absolute atomic E-state index is 0.159. The van der Waals surface area contributed by atoms with Crippen LogP contribution in [0.2, 0.25) is 0 Å². The van der Waals surface area contributed by atoms with Gasteiger partial charge in [-0.2, -0.15) is 10.2 Å². The van der Waals surface area contributed by atoms with Gasteiger partial charge in [-0.15, -0.1) is 0 Å². The van der Waals surface area contributed by atoms with E-state index in [9.17, 15) is 4.79 Å². The summed E-state index contributed by atoms with van der Waals surface area (Å²) in [5.41, 5.74) is 6.23. The standard InChI is InChI=1S/C17H22N4O3/c1-11-15(12(2)20-19-11)6-8-17(22)21-18-10-13-9-14(23-3)5-7-16(13)24-4/h5,7,9-10H,6,8H2,1-4H3,(H,19,20)(H,21,22)/b18-10-. The van der Waals surface area contributed by atoms with Gasteiger partial charge in [0.05, 0.1) is 26.1 Å². The molecule has 1 aromatic carbocycles. The fourth-order valence-corrected chi connectivity index (χ4v) is 2.35. The maximum atomic E-state index is 11.9. The summed E-state index contributed by atoms with van der Waals surface area (Å²) < 4.78 is 10.4. The second-order valence-electron chi connectivity index (χ2n) is 5.31. The molecule has 1 aromatic heterocycles. The Balaban J connectivity index is 1.93. The van der Waals surface area contributed by atoms with Crippen molar-refractivity contribution in [2.24, 2.45) is 5.10 Å². The van der Waals surface area contributed by atoms with Gasteiger partial charge in [0.25, 0.3) is 0 Å². The molecule has 0 saturated carbocycles. The molecule has 0 saturated heterocycles. The number of hydrogen-bond acceptors (Lipinski definition) is 5. The minimum Gasteiger partial charge on any atom is -0.497 e. The minimum atomic E-state index is -0.159. The van der Waals surface area contributed by atoms with Gasteiger partial charge in [-0.1, -0.05) is 0 Å². The zero-order chi connectivity index (χ0) is 17.5. The van der Waals surface area contributed by atoms with E-state index in [1.165, 1.54) is 6.21 Å². The molecule has 7 heteroatoms. The molecule has 0 radical (unpaired) electrons. The molecule has 0 fully saturated rings. The fraction of sp³-hybridized carbons (Fsp3) is 0.353. The zero-order valence-electron chi connectivity index (χ0n) is 14.3. The Kier molecular flexibility index (Phi) is 5.95. The van der Waals surface area contributed by atoms with Crippen molar-refractivity contribution in [2.75, 3.05) is 14.2 Å². The summed E-state index contributed by atoms with van der Waals surface area (Å²) in [6.45, 7) is 3.87. The largest absolute Gasteiger partial charge is 0.497 e. The third-order valence-corrected chi connectivity index (χ3v) is 3.71. The Morgan fingerprint density at radius 3 is 2.75 bits per heavy atom. The smallest absolute Gasteiger partial charge is 0.240 e. The van der Waals surface area contributed by atoms with Crippen LogP contribution in [0.1, 0.15) is 28.9 Å². The van der Waals surface area contributed by atoms with Crippen LogP contribution in [0, 0.1) is 13.8 Å². The van der Waals surface area contributed by atoms with Gasteiger partial charge in [0.2, 0.25) is 5.91 Å². The Labute approximate surface area is 141 Å². The molecule has 7 nitrogen and oxygen atoms in total. The number of ether oxygens (including phenoxy) is 2. The van der Waals surface area contributed by atoms with Crippen molar-refractivity contribution in [3.63, 3.8) is 0 Å². The molecule has 0 bridgehead atoms. The van der Waals surface area contributed by atoms with Crippen LogP contribution in [-0.4, -0.2) is 36.5 Å². The monoisotopic (exact) mass is 330 g/mol. The maximum absolute atomic E-state index is 11.9. The summed E-state index contributed by atoms with van der Waals surface area (Å²) in [5, 5.41) is 11.0. The van der Waals surface area contributed by atoms with E-state index in [-0.39, 0.29) is 5.91 Å². The van der Waals surface area contributed by atoms with E-state index in [1.807, 2.05) is 13.8 Å². The van der Waals surface area contributed by atoms with Crippen LogP contribution in [0.25, 0.3) is 0 Å². The third kappa shape index (κ3) is 4.34. The van der Waals surface area contributed by atoms with Crippen LogP contribution in [0.3, 0.4) is 0 Å². The number of hydrazone groups is 1. The quantitative estimate of drug-likeness (QED) is 0.601. The summed E-state index contributed by atoms with van der Waals surface area (Å²) in [4.78, 5) is 11.9. The van der Waals surface area contributed by atoms with Crippen molar-refractivity contribution in [3.8, 4) is 11.5 Å². The summed E-state index contributed by atoms with van der Waals surface area (Å²) in [6, 6.07) is 5.36. The Morgan fingerprint density at radius 2 is 2.12 bits per heavy atom. The molecule has 0 aliphatic heterocycles. The molecule has 1 amide bonds. The van der Waals surface area contributed by atoms with Crippen molar-refractivity contribution in [1.82, 2.24) is 15.6 Å². The number of aryl methyl sites for hydroxylation is 2. The fourth-order valence-electron chi connectivity index (χ4n) is 2.35. The number of H-pyrrole nitrogens is 1. The number of hydrogen-bond donors (Lipinski definition) is 2. The molecule has 0 unspecified atom stereocenters. The summed E-state index contributed by atoms with van der Waals surface area (Å²) in [5.74, 6) is 1.18. The Hall–Kier alpha value is -2.83. The first kappa shape index (κ1) is 17.5. The molecule has 0 aliphatic rings. The van der Waals surface area contributed by atoms with Crippen LogP contribution in [-0.2, 0) is 11.2 Å². The van der Waals surface area contributed by atoms with Crippen molar-refractivity contribution in [1.29, 1.82) is 0 Å². The second kappa shape index (κ2) is 8.14. The molecule has 0 spiro atoms. The van der Waals surface area contributed by atoms with Crippen LogP contribution < -0.4 is 14.9 Å². The van der Waals surface area contributed by atoms with Crippen molar-refractivity contribution < 1.29 is 14.3 Å². The van der Waals surface area contributed by atoms with Crippen LogP contribution in [0.5, 0.6) is 11.5 Å². The number of rotatable bonds is 7. The lowest BCUT2D eigenvalue weighted by Crippen LogP contribution is -2.18. The molecule has 2 rings (SSSR count). The first-order chi connectivity index (χ1) is 11.5. The van der Waals surface area contributed by atoms with Crippen LogP contribution in [0.4, 0.5) is 0 Å². The average molecular weight is 330 g/mol. The predicted molar refractivity (Wildman–Crippen MR) is 91.7 cm³/mol. The molecular weight excluding hydrogens is 308 g/mol. The highest BCUT2D eigenvalue weighted by Gasteiger charge is 2.09. The van der Waals surface area contributed by atoms with Gasteiger partial charge in [0, 0.05) is 17.7 Å². The SMILES string of the molecule is COc1ccc(OC)c(/C=N\NC(=O)CCc2c(C)n[nH]c2C)c1. The van der Waals surface area contributed by atoms with Gasteiger partial charge < -0.3 is 9.47 Å². The van der Waals surface area contributed by atoms with Gasteiger partial charge >= 0.3 is 0 Å². The molecule has 128 valence electrons. The van der Waals surface area contributed by atoms with E-state index in [2.05, 4.69) is 20.7 Å². The molecule has 2 aromatic rings. The molecule has 1 heterocycles. The van der Waals surface area contributed by atoms with Crippen LogP contribution >= 0.6 is 0 Å². The van der Waals surface area contributed by atoms with Gasteiger partial charge in [-0.25, -0.2) is 5.43 Å². The summed E-state index contributed by atoms with van der Waals surface area (Å²) >= 11 is 0. The normalized spacial score (nSPS) is 10.8. The topological polar surface area (TPSA) is 88.6 Å². The molecular formula is C17H22N4O3. The molecule has 2 N–H and O–H groups in total. The highest BCUT2D eigenvalue weighted by Crippen LogP contribution is 2.22. The average Bonchev–Trinajstić information content (AvgIpc) is 2.91. The van der Waals surface area contributed by atoms with Crippen molar-refractivity contribution in [3.05, 3.63) is 40.7 Å². The molecule has 24 heavy (non-hydrogen) atoms. The van der Waals surface area contributed by atoms with E-state index in [0.29, 0.717) is 24.3 Å². The van der Waals surface area contributed by atoms with E-state index in [4.69, 9.17) is 9.47 Å². The van der Waals surface area contributed by atoms with Crippen molar-refractivity contribution >= 4 is 12.1 Å². The Bertz CT molecular complexity index is 718. The number of methoxy groups -OCH3 is 2. The van der Waals surface area contributed by atoms with Gasteiger partial charge in [-0.3, -0.25) is 9.89 Å². The van der Waals surface area contributed by atoms with Gasteiger partial charge in [-0.05, 0) is 44.0 Å². The molecule has 0 aliphatic carbocycles. The highest BCUT2D eigenvalue weighted by atomic mass is 16.5. The lowest BCUT2D eigenvalue weighted by Gasteiger charge is -2.06. The van der Waals surface area contributed by atoms with E-state index in [0.717, 1.165) is 22.5 Å². The number of amides is 1. The summed E-state index contributed by atoms with van der Waals surface area (Å²) in [7, 11) is 3.16. The van der Waals surface area contributed by atoms with E-state index < -0.39 is 0 Å². The first-order valence-electron chi connectivity index (χ1n) is 7.59. The number of benzene rings is 1. The van der Waals surface area contributed by atoms with Crippen molar-refractivity contribution in [2.45, 2.75) is 26.7 Å². The molecule has 0 atom stereocenters. The number of carbonyl (C=O) groups excluding carboxylic acids is 1. The van der Waals surface area contributed by atoms with Crippen LogP contribution in [0.15, 0.2) is 23.3 Å². The highest BCUT2D eigenvalue weighted by molar-refractivity contribution is 5.85. The zero-order valence-corrected chi connectivity index (χ0v) is 14.3. The third-order valence-electron chi connectivity index (χ3n) is 3.71. The van der Waals surface area contributed by atoms with Gasteiger partial charge in [0.1, 0.15) is 11.5 Å². The number of aromatic nitrogens is 2. The van der Waals surface area contributed by atoms with E-state index in [1.54, 1.807) is 32.4 Å². The second-order valence-corrected chi connectivity index (χ2v) is 5.31. The number of aromatic amines is 1. The number of nitrogens with one attached hydrogen (secondary N) is 2. The lowest BCUT2D eigenvalue weighted by atomic mass is 10.1. The number of carbonyl (C=O) groups is 1. The maximum Gasteiger partial charge on any atom is 0.240 e. The number of nitrogens with zero attached hydrogens (tertiary/aromatic N) is 2. The van der Waals surface area contributed by atoms with E-state index >= 15 is 0 Å². The summed E-state index contributed by atoms with van der Waals surface area (Å²) in [6.07, 6.45) is 2.50. The van der Waals surface area contributed by atoms with Gasteiger partial charge in [0.15, 0.2) is 0 Å². The Morgan fingerprint density at radius 1 is 1.33 bits per heavy atom. The first-order valence-corrected chi connectivity index (χ1v) is 7.59. The lowest BCUT2D eigenvalue weighted by molar-refractivity contribution is -0.121.